The number of fused-ring (bicyclic) bond motifs is 5. The molecule has 0 aromatic heterocycles. The Morgan fingerprint density at radius 1 is 0.963 bits per heavy atom. The maximum atomic E-state index is 5.96. The molecule has 3 aliphatic carbocycles. The van der Waals surface area contributed by atoms with E-state index in [1.165, 1.54) is 44.1 Å². The highest BCUT2D eigenvalue weighted by Crippen LogP contribution is 2.60. The van der Waals surface area contributed by atoms with Crippen LogP contribution in [-0.2, 0) is 17.9 Å². The largest absolute Gasteiger partial charge is 0.297 e. The first-order valence-corrected chi connectivity index (χ1v) is 10.7. The zero-order chi connectivity index (χ0) is 18.3. The first-order chi connectivity index (χ1) is 13.3. The van der Waals surface area contributed by atoms with Crippen LogP contribution in [-0.4, -0.2) is 6.04 Å². The third kappa shape index (κ3) is 3.03. The van der Waals surface area contributed by atoms with Crippen molar-refractivity contribution in [1.82, 2.24) is 5.48 Å². The van der Waals surface area contributed by atoms with Crippen molar-refractivity contribution >= 4 is 0 Å². The molecule has 142 valence electrons. The summed E-state index contributed by atoms with van der Waals surface area (Å²) in [4.78, 5) is 5.96. The molecule has 0 aliphatic heterocycles. The van der Waals surface area contributed by atoms with Crippen molar-refractivity contribution in [2.24, 2.45) is 17.3 Å². The van der Waals surface area contributed by atoms with Crippen molar-refractivity contribution in [3.63, 3.8) is 0 Å². The summed E-state index contributed by atoms with van der Waals surface area (Å²) in [6.45, 7) is 3.18. The standard InChI is InChI=1S/C25H31NO/c1-25-16-15-21-20-10-6-5-9-19(20)11-12-22(21)23(25)13-14-24(25)26-27-17-18-7-3-2-4-8-18/h2-10,21-24,26H,11-17H2,1H3/t21-,22-,23+,24+,25+/m1/s1. The summed E-state index contributed by atoms with van der Waals surface area (Å²) in [6, 6.07) is 20.2. The molecule has 3 aliphatic rings. The van der Waals surface area contributed by atoms with Gasteiger partial charge in [0.05, 0.1) is 6.61 Å². The van der Waals surface area contributed by atoms with E-state index >= 15 is 0 Å². The van der Waals surface area contributed by atoms with Gasteiger partial charge in [0.25, 0.3) is 0 Å². The predicted octanol–water partition coefficient (Wildman–Crippen LogP) is 5.63. The highest BCUT2D eigenvalue weighted by Gasteiger charge is 2.54. The molecule has 0 radical (unpaired) electrons. The molecule has 2 aromatic carbocycles. The van der Waals surface area contributed by atoms with Crippen LogP contribution in [0.25, 0.3) is 0 Å². The van der Waals surface area contributed by atoms with E-state index in [-0.39, 0.29) is 0 Å². The quantitative estimate of drug-likeness (QED) is 0.712. The number of hydroxylamine groups is 1. The summed E-state index contributed by atoms with van der Waals surface area (Å²) >= 11 is 0. The molecule has 2 saturated carbocycles. The molecule has 5 rings (SSSR count). The Bertz CT molecular complexity index is 788. The van der Waals surface area contributed by atoms with Crippen molar-refractivity contribution in [1.29, 1.82) is 0 Å². The predicted molar refractivity (Wildman–Crippen MR) is 109 cm³/mol. The molecule has 2 nitrogen and oxygen atoms in total. The van der Waals surface area contributed by atoms with Gasteiger partial charge in [0, 0.05) is 6.04 Å². The third-order valence-corrected chi connectivity index (χ3v) is 7.95. The van der Waals surface area contributed by atoms with E-state index < -0.39 is 0 Å². The summed E-state index contributed by atoms with van der Waals surface area (Å²) in [7, 11) is 0. The second kappa shape index (κ2) is 7.07. The van der Waals surface area contributed by atoms with Gasteiger partial charge in [-0.15, -0.1) is 0 Å². The molecule has 0 spiro atoms. The van der Waals surface area contributed by atoms with Crippen LogP contribution in [0.2, 0.25) is 0 Å². The zero-order valence-corrected chi connectivity index (χ0v) is 16.4. The molecule has 2 fully saturated rings. The van der Waals surface area contributed by atoms with Gasteiger partial charge in [0.1, 0.15) is 0 Å². The number of nitrogens with one attached hydrogen (secondary N) is 1. The molecular formula is C25H31NO. The fourth-order valence-electron chi connectivity index (χ4n) is 6.52. The van der Waals surface area contributed by atoms with Crippen LogP contribution >= 0.6 is 0 Å². The van der Waals surface area contributed by atoms with Gasteiger partial charge < -0.3 is 0 Å². The van der Waals surface area contributed by atoms with Gasteiger partial charge in [0.15, 0.2) is 0 Å². The van der Waals surface area contributed by atoms with E-state index in [1.54, 1.807) is 11.1 Å². The molecule has 0 amide bonds. The van der Waals surface area contributed by atoms with Gasteiger partial charge in [-0.1, -0.05) is 61.5 Å². The van der Waals surface area contributed by atoms with Crippen molar-refractivity contribution in [2.45, 2.75) is 64.0 Å². The van der Waals surface area contributed by atoms with E-state index in [0.717, 1.165) is 17.8 Å². The van der Waals surface area contributed by atoms with E-state index in [2.05, 4.69) is 67.0 Å². The number of hydrogen-bond acceptors (Lipinski definition) is 2. The van der Waals surface area contributed by atoms with Crippen LogP contribution < -0.4 is 5.48 Å². The molecular weight excluding hydrogens is 330 g/mol. The molecule has 2 heteroatoms. The van der Waals surface area contributed by atoms with Crippen LogP contribution in [0.4, 0.5) is 0 Å². The van der Waals surface area contributed by atoms with Crippen molar-refractivity contribution in [3.8, 4) is 0 Å². The van der Waals surface area contributed by atoms with Crippen molar-refractivity contribution in [2.75, 3.05) is 0 Å². The number of aryl methyl sites for hydroxylation is 1. The molecule has 5 atom stereocenters. The first kappa shape index (κ1) is 17.5. The van der Waals surface area contributed by atoms with Crippen LogP contribution in [0.1, 0.15) is 61.6 Å². The van der Waals surface area contributed by atoms with E-state index in [0.29, 0.717) is 18.1 Å². The maximum Gasteiger partial charge on any atom is 0.0933 e. The normalized spacial score (nSPS) is 34.6. The molecule has 1 N–H and O–H groups in total. The Kier molecular flexibility index (Phi) is 4.57. The monoisotopic (exact) mass is 361 g/mol. The SMILES string of the molecule is C[C@]12CC[C@@H]3c4ccccc4CC[C@H]3[C@@H]1CC[C@@H]2NOCc1ccccc1. The van der Waals surface area contributed by atoms with Crippen LogP contribution in [0.5, 0.6) is 0 Å². The van der Waals surface area contributed by atoms with Gasteiger partial charge in [0.2, 0.25) is 0 Å². The number of rotatable bonds is 4. The summed E-state index contributed by atoms with van der Waals surface area (Å²) in [5, 5.41) is 0. The van der Waals surface area contributed by atoms with Gasteiger partial charge in [-0.2, -0.15) is 5.48 Å². The topological polar surface area (TPSA) is 21.3 Å². The van der Waals surface area contributed by atoms with Crippen molar-refractivity contribution < 1.29 is 4.84 Å². The number of benzene rings is 2. The Hall–Kier alpha value is -1.64. The molecule has 0 heterocycles. The lowest BCUT2D eigenvalue weighted by Crippen LogP contribution is -2.48. The second-order valence-electron chi connectivity index (χ2n) is 9.18. The van der Waals surface area contributed by atoms with Crippen LogP contribution in [0.3, 0.4) is 0 Å². The number of hydrogen-bond donors (Lipinski definition) is 1. The highest BCUT2D eigenvalue weighted by atomic mass is 16.6. The van der Waals surface area contributed by atoms with Gasteiger partial charge in [-0.25, -0.2) is 0 Å². The van der Waals surface area contributed by atoms with E-state index in [9.17, 15) is 0 Å². The molecule has 0 bridgehead atoms. The summed E-state index contributed by atoms with van der Waals surface area (Å²) in [5.41, 5.74) is 8.37. The maximum absolute atomic E-state index is 5.96. The molecule has 27 heavy (non-hydrogen) atoms. The van der Waals surface area contributed by atoms with Gasteiger partial charge in [-0.05, 0) is 78.4 Å². The smallest absolute Gasteiger partial charge is 0.0933 e. The highest BCUT2D eigenvalue weighted by molar-refractivity contribution is 5.35. The zero-order valence-electron chi connectivity index (χ0n) is 16.4. The van der Waals surface area contributed by atoms with Gasteiger partial charge in [-0.3, -0.25) is 4.84 Å². The average molecular weight is 362 g/mol. The molecule has 2 aromatic rings. The minimum absolute atomic E-state index is 0.379. The Balaban J connectivity index is 1.28. The lowest BCUT2D eigenvalue weighted by Gasteiger charge is -2.50. The van der Waals surface area contributed by atoms with Gasteiger partial charge >= 0.3 is 0 Å². The van der Waals surface area contributed by atoms with Crippen LogP contribution in [0, 0.1) is 17.3 Å². The minimum atomic E-state index is 0.379. The van der Waals surface area contributed by atoms with Crippen LogP contribution in [0.15, 0.2) is 54.6 Å². The Labute approximate surface area is 163 Å². The Morgan fingerprint density at radius 3 is 2.67 bits per heavy atom. The summed E-state index contributed by atoms with van der Waals surface area (Å²) in [5.74, 6) is 2.49. The molecule has 0 saturated heterocycles. The molecule has 0 unspecified atom stereocenters. The third-order valence-electron chi connectivity index (χ3n) is 7.95. The second-order valence-corrected chi connectivity index (χ2v) is 9.18. The fraction of sp³-hybridized carbons (Fsp3) is 0.520. The minimum Gasteiger partial charge on any atom is -0.297 e. The average Bonchev–Trinajstić information content (AvgIpc) is 3.05. The van der Waals surface area contributed by atoms with E-state index in [1.807, 2.05) is 0 Å². The summed E-state index contributed by atoms with van der Waals surface area (Å²) in [6.07, 6.45) is 7.91. The lowest BCUT2D eigenvalue weighted by molar-refractivity contribution is -0.0488. The van der Waals surface area contributed by atoms with E-state index in [4.69, 9.17) is 4.84 Å². The fourth-order valence-corrected chi connectivity index (χ4v) is 6.52. The summed E-state index contributed by atoms with van der Waals surface area (Å²) < 4.78 is 0. The van der Waals surface area contributed by atoms with Crippen molar-refractivity contribution in [3.05, 3.63) is 71.3 Å². The lowest BCUT2D eigenvalue weighted by atomic mass is 9.55. The first-order valence-electron chi connectivity index (χ1n) is 10.7. The Morgan fingerprint density at radius 2 is 1.78 bits per heavy atom.